The van der Waals surface area contributed by atoms with Gasteiger partial charge in [-0.25, -0.2) is 0 Å². The average Bonchev–Trinajstić information content (AvgIpc) is 0.763. The van der Waals surface area contributed by atoms with Crippen molar-refractivity contribution in [3.8, 4) is 0 Å². The van der Waals surface area contributed by atoms with Crippen molar-refractivity contribution in [1.82, 2.24) is 10.6 Å². The lowest BCUT2D eigenvalue weighted by atomic mass is 9.94. The summed E-state index contributed by atoms with van der Waals surface area (Å²) in [6.07, 6.45) is -129. The van der Waals surface area contributed by atoms with Gasteiger partial charge in [-0.1, -0.05) is 0 Å². The van der Waals surface area contributed by atoms with Crippen molar-refractivity contribution < 1.29 is 302 Å². The Morgan fingerprint density at radius 1 is 0.187 bits per heavy atom. The number of hydrogen-bond donors (Lipinski definition) is 38. The smallest absolute Gasteiger partial charge is 0.217 e. The number of ether oxygens (including phenoxy) is 23. The molecule has 0 spiro atoms. The van der Waals surface area contributed by atoms with Gasteiger partial charge < -0.3 is 303 Å². The first-order valence-corrected chi connectivity index (χ1v) is 44.2. The van der Waals surface area contributed by atoms with Gasteiger partial charge in [0.05, 0.1) is 79.3 Å². The van der Waals surface area contributed by atoms with E-state index in [0.29, 0.717) is 0 Å². The Kier molecular flexibility index (Phi) is 41.0. The molecule has 12 saturated heterocycles. The van der Waals surface area contributed by atoms with E-state index < -0.39 is 459 Å². The van der Waals surface area contributed by atoms with Gasteiger partial charge in [-0.3, -0.25) is 9.59 Å². The van der Waals surface area contributed by atoms with E-state index in [-0.39, 0.29) is 0 Å². The third kappa shape index (κ3) is 24.5. The normalized spacial score (nSPS) is 51.9. The van der Waals surface area contributed by atoms with Gasteiger partial charge in [-0.2, -0.15) is 0 Å². The highest BCUT2D eigenvalue weighted by Crippen LogP contribution is 2.43. The molecule has 0 aromatic heterocycles. The van der Waals surface area contributed by atoms with Crippen LogP contribution in [0.2, 0.25) is 0 Å². The summed E-state index contributed by atoms with van der Waals surface area (Å²) < 4.78 is 135. The molecule has 60 atom stereocenters. The molecule has 63 heteroatoms. The molecule has 0 bridgehead atoms. The Morgan fingerprint density at radius 2 is 0.396 bits per heavy atom. The van der Waals surface area contributed by atoms with Crippen LogP contribution in [0.3, 0.4) is 0 Å². The number of amides is 2. The average molecular weight is 2050 g/mol. The maximum absolute atomic E-state index is 13.2. The van der Waals surface area contributed by atoms with Crippen molar-refractivity contribution in [3.63, 3.8) is 0 Å². The second-order valence-corrected chi connectivity index (χ2v) is 35.2. The third-order valence-electron chi connectivity index (χ3n) is 25.9. The first kappa shape index (κ1) is 114. The number of nitrogens with one attached hydrogen (secondary N) is 2. The minimum atomic E-state index is -2.73. The van der Waals surface area contributed by atoms with Gasteiger partial charge in [-0.05, 0) is 0 Å². The molecule has 63 nitrogen and oxygen atoms in total. The number of carbonyl (C=O) groups excluding carboxylic acids is 2. The van der Waals surface area contributed by atoms with Crippen LogP contribution in [0, 0.1) is 0 Å². The molecule has 139 heavy (non-hydrogen) atoms. The zero-order valence-corrected chi connectivity index (χ0v) is 73.4. The van der Waals surface area contributed by atoms with Gasteiger partial charge in [-0.15, -0.1) is 0 Å². The largest absolute Gasteiger partial charge is 0.394 e. The standard InChI is InChI=1S/C76H128N2O61/c1-15(89)77-29-41(101)56(25(11-87)119-65(29)116)131-66-30(78-16(2)90)42(102)57(26(12-88)128-66)132-73-55(115)61(40(100)28(130-73)13-117-67-52(112)60(134-69-50(110)44(104)32(92)18(4-80)121-69)39(99)27(129-67)14-118-74-62(46(106)34(94)20(6-82)125-74)137-70-51(111)45(105)33(93)19(5-81)122-70)136-75-64(48(108)36(96)21(7-83)126-75)139-76-63(47(107)35(95)22(8-84)127-76)138-72-54(114)59(38(98)24(10-86)124-72)135-71-53(113)58(37(97)23(9-85)123-71)133-68-49(109)43(103)31(91)17(3-79)120-68/h17-76,79-88,91-116H,3-14H2,1-2H3,(H,77,89)(H,78,90)/t17-,18-,19-,20-,21-,22-,23-,24-,25-,26-,27-,28-,29-,30-,31-,32-,33-,34-,35-,36-,37-,38-,39-,40-,41-,42-,43+,44+,45+,46+,47+,48+,49-,50+,51+,52+,53-,54+,55+,56-,57-,58+,59+,60+,61+,62+,63+,64+,65?,66+,67+,68-,69-,70-,71-,72-,73+,74+,75-,76-/m1/s1. The molecule has 0 radical (unpaired) electrons. The minimum absolute atomic E-state index is 0.834. The van der Waals surface area contributed by atoms with E-state index in [0.717, 1.165) is 13.8 Å². The number of carbonyl (C=O) groups is 2. The lowest BCUT2D eigenvalue weighted by Crippen LogP contribution is -2.70. The molecule has 12 heterocycles. The molecule has 2 amide bonds. The molecular weight excluding hydrogens is 1920 g/mol. The highest BCUT2D eigenvalue weighted by molar-refractivity contribution is 5.73. The van der Waals surface area contributed by atoms with E-state index in [9.17, 15) is 193 Å². The van der Waals surface area contributed by atoms with Crippen LogP contribution < -0.4 is 10.6 Å². The van der Waals surface area contributed by atoms with E-state index in [4.69, 9.17) is 109 Å². The SMILES string of the molecule is CC(=O)N[C@H]1[C@H](O[C@H]2[C@H](O)[C@@H](NC(C)=O)C(O)O[C@@H]2CO)O[C@H](CO)[C@@H](O[C@@H]2O[C@H](CO[C@H]3O[C@H](CO[C@H]4O[C@H](CO)[C@@H](O)[C@H](O)[C@@H]4O[C@H]4O[C@H](CO)[C@@H](O)[C@H](O)[C@@H]4O)[C@@H](O)[C@H](O[C@H]4O[C@H](CO)[C@@H](O)[C@H](O)[C@@H]4O)[C@@H]3O)[C@@H](O)[C@H](O[C@H]3O[C@H](CO)[C@@H](O)[C@H](O)[C@@H]3O[C@H]3O[C@H](CO)[C@@H](O)[C@H](O)[C@@H]3O[C@H]3O[C@H](CO)[C@@H](O)[C@H](O[C@H]4O[C@H](CO)[C@@H](O)[C@H](O[C@H]5O[C@H](CO)[C@@H](O)[C@H](O)[C@H]5O)[C@H]4O)[C@@H]3O)[C@@H]2O)[C@@H]1O. The van der Waals surface area contributed by atoms with Crippen LogP contribution in [0.15, 0.2) is 0 Å². The number of aliphatic hydroxyl groups excluding tert-OH is 36. The summed E-state index contributed by atoms with van der Waals surface area (Å²) in [5.74, 6) is -1.85. The third-order valence-corrected chi connectivity index (χ3v) is 25.9. The van der Waals surface area contributed by atoms with E-state index in [2.05, 4.69) is 10.6 Å². The van der Waals surface area contributed by atoms with Crippen LogP contribution >= 0.6 is 0 Å². The fraction of sp³-hybridized carbons (Fsp3) is 0.974. The molecule has 0 aliphatic carbocycles. The lowest BCUT2D eigenvalue weighted by Gasteiger charge is -2.51. The van der Waals surface area contributed by atoms with E-state index in [1.54, 1.807) is 0 Å². The van der Waals surface area contributed by atoms with Gasteiger partial charge in [0.2, 0.25) is 11.8 Å². The summed E-state index contributed by atoms with van der Waals surface area (Å²) >= 11 is 0. The predicted octanol–water partition coefficient (Wildman–Crippen LogP) is -26.9. The Morgan fingerprint density at radius 3 is 0.734 bits per heavy atom. The van der Waals surface area contributed by atoms with Gasteiger partial charge in [0.25, 0.3) is 0 Å². The Labute approximate surface area is 784 Å². The summed E-state index contributed by atoms with van der Waals surface area (Å²) in [6, 6.07) is -3.74. The van der Waals surface area contributed by atoms with Gasteiger partial charge in [0.15, 0.2) is 75.5 Å². The predicted molar refractivity (Wildman–Crippen MR) is 418 cm³/mol. The van der Waals surface area contributed by atoms with Crippen LogP contribution in [-0.2, 0) is 119 Å². The maximum atomic E-state index is 13.2. The Balaban J connectivity index is 0.870. The van der Waals surface area contributed by atoms with Gasteiger partial charge >= 0.3 is 0 Å². The van der Waals surface area contributed by atoms with E-state index >= 15 is 0 Å². The molecule has 1 unspecified atom stereocenters. The molecule has 0 aromatic carbocycles. The van der Waals surface area contributed by atoms with E-state index in [1.807, 2.05) is 0 Å². The van der Waals surface area contributed by atoms with Crippen molar-refractivity contribution in [1.29, 1.82) is 0 Å². The highest BCUT2D eigenvalue weighted by atomic mass is 16.8. The van der Waals surface area contributed by atoms with Crippen LogP contribution in [-0.4, -0.2) is 643 Å². The quantitative estimate of drug-likeness (QED) is 0.0277. The van der Waals surface area contributed by atoms with Crippen LogP contribution in [0.5, 0.6) is 0 Å². The Bertz CT molecular complexity index is 3730. The van der Waals surface area contributed by atoms with Crippen LogP contribution in [0.1, 0.15) is 13.8 Å². The summed E-state index contributed by atoms with van der Waals surface area (Å²) in [5, 5.41) is 407. The van der Waals surface area contributed by atoms with Gasteiger partial charge in [0, 0.05) is 13.8 Å². The maximum Gasteiger partial charge on any atom is 0.217 e. The molecule has 0 saturated carbocycles. The van der Waals surface area contributed by atoms with Crippen molar-refractivity contribution in [2.24, 2.45) is 0 Å². The second kappa shape index (κ2) is 49.8. The zero-order valence-electron chi connectivity index (χ0n) is 73.4. The summed E-state index contributed by atoms with van der Waals surface area (Å²) in [5.41, 5.74) is 0. The monoisotopic (exact) mass is 2040 g/mol. The molecule has 12 fully saturated rings. The first-order valence-electron chi connectivity index (χ1n) is 44.2. The van der Waals surface area contributed by atoms with E-state index in [1.165, 1.54) is 0 Å². The summed E-state index contributed by atoms with van der Waals surface area (Å²) in [4.78, 5) is 25.4. The molecule has 12 aliphatic heterocycles. The molecule has 808 valence electrons. The molecule has 12 rings (SSSR count). The molecule has 38 N–H and O–H groups in total. The van der Waals surface area contributed by atoms with Crippen LogP contribution in [0.4, 0.5) is 0 Å². The minimum Gasteiger partial charge on any atom is -0.394 e. The topological polar surface area (TPSA) is 999 Å². The number of rotatable bonds is 36. The number of aliphatic hydroxyl groups is 36. The van der Waals surface area contributed by atoms with Crippen molar-refractivity contribution in [2.75, 3.05) is 79.3 Å². The van der Waals surface area contributed by atoms with Crippen LogP contribution in [0.25, 0.3) is 0 Å². The Hall–Kier alpha value is -3.42. The zero-order chi connectivity index (χ0) is 102. The summed E-state index contributed by atoms with van der Waals surface area (Å²) in [7, 11) is 0. The van der Waals surface area contributed by atoms with Gasteiger partial charge in [0.1, 0.15) is 293 Å². The lowest BCUT2D eigenvalue weighted by molar-refractivity contribution is -0.412. The van der Waals surface area contributed by atoms with Crippen molar-refractivity contribution in [3.05, 3.63) is 0 Å². The summed E-state index contributed by atoms with van der Waals surface area (Å²) in [6.45, 7) is -12.2. The fourth-order valence-electron chi connectivity index (χ4n) is 18.0. The fourth-order valence-corrected chi connectivity index (χ4v) is 18.0. The molecule has 12 aliphatic rings. The second-order valence-electron chi connectivity index (χ2n) is 35.2. The first-order chi connectivity index (χ1) is 65.9. The number of hydrogen-bond acceptors (Lipinski definition) is 61. The molecular formula is C76H128N2O61. The highest BCUT2D eigenvalue weighted by Gasteiger charge is 2.63. The molecule has 0 aromatic rings. The van der Waals surface area contributed by atoms with Crippen molar-refractivity contribution in [2.45, 2.75) is 382 Å². The van der Waals surface area contributed by atoms with Crippen molar-refractivity contribution >= 4 is 11.8 Å².